The van der Waals surface area contributed by atoms with Crippen molar-refractivity contribution in [2.45, 2.75) is 19.8 Å². The lowest BCUT2D eigenvalue weighted by atomic mass is 10.1. The fourth-order valence-corrected chi connectivity index (χ4v) is 1.06. The molecule has 0 amide bonds. The van der Waals surface area contributed by atoms with Crippen LogP contribution < -0.4 is 0 Å². The van der Waals surface area contributed by atoms with Crippen molar-refractivity contribution in [3.63, 3.8) is 0 Å². The zero-order chi connectivity index (χ0) is 8.44. The van der Waals surface area contributed by atoms with E-state index in [2.05, 4.69) is 30.9 Å². The van der Waals surface area contributed by atoms with Gasteiger partial charge in [-0.15, -0.1) is 0 Å². The normalized spacial score (nSPS) is 17.8. The first-order valence-electron chi connectivity index (χ1n) is 4.37. The van der Waals surface area contributed by atoms with E-state index in [1.165, 1.54) is 12.8 Å². The first-order valence-corrected chi connectivity index (χ1v) is 4.37. The topological polar surface area (TPSA) is 0 Å². The van der Waals surface area contributed by atoms with Gasteiger partial charge < -0.3 is 0 Å². The van der Waals surface area contributed by atoms with Gasteiger partial charge >= 0.3 is 0 Å². The lowest BCUT2D eigenvalue weighted by molar-refractivity contribution is 0.783. The van der Waals surface area contributed by atoms with Gasteiger partial charge in [0.25, 0.3) is 0 Å². The maximum atomic E-state index is 3.30. The second-order valence-corrected chi connectivity index (χ2v) is 3.68. The predicted molar refractivity (Wildman–Crippen MR) is 50.7 cm³/mol. The minimum absolute atomic E-state index is 0.343. The van der Waals surface area contributed by atoms with E-state index in [0.717, 1.165) is 5.56 Å². The fourth-order valence-electron chi connectivity index (χ4n) is 1.06. The molecule has 0 unspecified atom stereocenters. The summed E-state index contributed by atoms with van der Waals surface area (Å²) in [6, 6.07) is 10.2. The molecule has 0 saturated heterocycles. The minimum Gasteiger partial charge on any atom is -0.0914 e. The zero-order valence-corrected chi connectivity index (χ0v) is 7.30. The van der Waals surface area contributed by atoms with Crippen LogP contribution in [0.1, 0.15) is 25.3 Å². The van der Waals surface area contributed by atoms with Gasteiger partial charge in [-0.25, -0.2) is 0 Å². The molecule has 1 aliphatic rings. The van der Waals surface area contributed by atoms with Gasteiger partial charge in [0.2, 0.25) is 0 Å². The van der Waals surface area contributed by atoms with Gasteiger partial charge in [0, 0.05) is 11.0 Å². The Labute approximate surface area is 73.6 Å². The predicted octanol–water partition coefficient (Wildman–Crippen LogP) is 2.84. The summed E-state index contributed by atoms with van der Waals surface area (Å²) in [6.45, 7) is 2.23. The van der Waals surface area contributed by atoms with E-state index < -0.39 is 0 Å². The molecule has 0 radical (unpaired) electrons. The Kier molecular flexibility index (Phi) is 1.66. The van der Waals surface area contributed by atoms with Crippen molar-refractivity contribution in [3.8, 4) is 11.8 Å². The quantitative estimate of drug-likeness (QED) is 0.507. The van der Waals surface area contributed by atoms with Gasteiger partial charge in [-0.1, -0.05) is 30.0 Å². The molecule has 1 aromatic rings. The van der Waals surface area contributed by atoms with E-state index in [4.69, 9.17) is 0 Å². The monoisotopic (exact) mass is 156 g/mol. The van der Waals surface area contributed by atoms with E-state index in [1.807, 2.05) is 18.2 Å². The van der Waals surface area contributed by atoms with Crippen molar-refractivity contribution < 1.29 is 0 Å². The standard InChI is InChI=1S/C12H12/c1-12(9-10-12)8-7-11-5-3-2-4-6-11/h2-6H,9-10H2,1H3. The first-order chi connectivity index (χ1) is 5.79. The van der Waals surface area contributed by atoms with Gasteiger partial charge in [0.05, 0.1) is 0 Å². The number of rotatable bonds is 0. The second-order valence-electron chi connectivity index (χ2n) is 3.68. The van der Waals surface area contributed by atoms with Crippen LogP contribution in [0.4, 0.5) is 0 Å². The third kappa shape index (κ3) is 1.68. The molecule has 1 aliphatic carbocycles. The number of benzene rings is 1. The average molecular weight is 156 g/mol. The third-order valence-corrected chi connectivity index (χ3v) is 2.28. The van der Waals surface area contributed by atoms with Crippen molar-refractivity contribution in [1.82, 2.24) is 0 Å². The molecule has 1 aromatic carbocycles. The summed E-state index contributed by atoms with van der Waals surface area (Å²) in [5.74, 6) is 6.50. The Balaban J connectivity index is 2.16. The second kappa shape index (κ2) is 2.68. The van der Waals surface area contributed by atoms with Crippen molar-refractivity contribution in [2.24, 2.45) is 5.41 Å². The molecule has 0 aromatic heterocycles. The molecule has 0 spiro atoms. The van der Waals surface area contributed by atoms with Crippen LogP contribution in [0, 0.1) is 17.3 Å². The summed E-state index contributed by atoms with van der Waals surface area (Å²) in [7, 11) is 0. The molecule has 1 saturated carbocycles. The van der Waals surface area contributed by atoms with E-state index in [9.17, 15) is 0 Å². The minimum atomic E-state index is 0.343. The molecule has 0 heterocycles. The Morgan fingerprint density at radius 3 is 2.42 bits per heavy atom. The van der Waals surface area contributed by atoms with Gasteiger partial charge in [-0.05, 0) is 31.9 Å². The van der Waals surface area contributed by atoms with E-state index >= 15 is 0 Å². The highest BCUT2D eigenvalue weighted by Crippen LogP contribution is 2.44. The largest absolute Gasteiger partial charge is 0.0914 e. The molecule has 0 N–H and O–H groups in total. The van der Waals surface area contributed by atoms with Gasteiger partial charge in [-0.3, -0.25) is 0 Å². The highest BCUT2D eigenvalue weighted by molar-refractivity contribution is 5.36. The van der Waals surface area contributed by atoms with Gasteiger partial charge in [-0.2, -0.15) is 0 Å². The fraction of sp³-hybridized carbons (Fsp3) is 0.333. The summed E-state index contributed by atoms with van der Waals surface area (Å²) < 4.78 is 0. The molecule has 1 fully saturated rings. The molecule has 12 heavy (non-hydrogen) atoms. The van der Waals surface area contributed by atoms with Crippen LogP contribution in [0.25, 0.3) is 0 Å². The number of hydrogen-bond donors (Lipinski definition) is 0. The SMILES string of the molecule is CC1(C#Cc2ccccc2)CC1. The molecule has 2 rings (SSSR count). The third-order valence-electron chi connectivity index (χ3n) is 2.28. The Bertz CT molecular complexity index is 320. The van der Waals surface area contributed by atoms with E-state index in [0.29, 0.717) is 5.41 Å². The van der Waals surface area contributed by atoms with Crippen LogP contribution in [-0.4, -0.2) is 0 Å². The molecule has 0 heteroatoms. The molecule has 0 aliphatic heterocycles. The Morgan fingerprint density at radius 2 is 1.83 bits per heavy atom. The summed E-state index contributed by atoms with van der Waals surface area (Å²) in [4.78, 5) is 0. The van der Waals surface area contributed by atoms with Crippen molar-refractivity contribution in [2.75, 3.05) is 0 Å². The molecule has 0 atom stereocenters. The molecular formula is C12H12. The summed E-state index contributed by atoms with van der Waals surface area (Å²) in [5, 5.41) is 0. The van der Waals surface area contributed by atoms with Gasteiger partial charge in [0.1, 0.15) is 0 Å². The summed E-state index contributed by atoms with van der Waals surface area (Å²) in [5.41, 5.74) is 1.47. The highest BCUT2D eigenvalue weighted by Gasteiger charge is 2.34. The van der Waals surface area contributed by atoms with Gasteiger partial charge in [0.15, 0.2) is 0 Å². The summed E-state index contributed by atoms with van der Waals surface area (Å²) in [6.07, 6.45) is 2.54. The average Bonchev–Trinajstić information content (AvgIpc) is 2.84. The van der Waals surface area contributed by atoms with Crippen LogP contribution in [-0.2, 0) is 0 Å². The highest BCUT2D eigenvalue weighted by atomic mass is 14.4. The molecule has 0 nitrogen and oxygen atoms in total. The van der Waals surface area contributed by atoms with Crippen LogP contribution >= 0.6 is 0 Å². The van der Waals surface area contributed by atoms with Crippen molar-refractivity contribution >= 4 is 0 Å². The molecule has 0 bridgehead atoms. The van der Waals surface area contributed by atoms with E-state index in [-0.39, 0.29) is 0 Å². The first kappa shape index (κ1) is 7.43. The lowest BCUT2D eigenvalue weighted by Crippen LogP contribution is -1.84. The van der Waals surface area contributed by atoms with Crippen LogP contribution in [0.2, 0.25) is 0 Å². The zero-order valence-electron chi connectivity index (χ0n) is 7.30. The van der Waals surface area contributed by atoms with Crippen molar-refractivity contribution in [3.05, 3.63) is 35.9 Å². The Hall–Kier alpha value is -1.22. The summed E-state index contributed by atoms with van der Waals surface area (Å²) >= 11 is 0. The lowest BCUT2D eigenvalue weighted by Gasteiger charge is -1.92. The maximum Gasteiger partial charge on any atom is 0.0291 e. The Morgan fingerprint density at radius 1 is 1.17 bits per heavy atom. The van der Waals surface area contributed by atoms with Crippen LogP contribution in [0.3, 0.4) is 0 Å². The van der Waals surface area contributed by atoms with Crippen LogP contribution in [0.5, 0.6) is 0 Å². The maximum absolute atomic E-state index is 3.30. The molecular weight excluding hydrogens is 144 g/mol. The molecule has 60 valence electrons. The number of hydrogen-bond acceptors (Lipinski definition) is 0. The van der Waals surface area contributed by atoms with E-state index in [1.54, 1.807) is 0 Å². The van der Waals surface area contributed by atoms with Crippen molar-refractivity contribution in [1.29, 1.82) is 0 Å². The smallest absolute Gasteiger partial charge is 0.0291 e. The van der Waals surface area contributed by atoms with Crippen LogP contribution in [0.15, 0.2) is 30.3 Å².